The number of rotatable bonds is 3. The molecule has 0 saturated carbocycles. The molecule has 2 rings (SSSR count). The smallest absolute Gasteiger partial charge is 0.261 e. The lowest BCUT2D eigenvalue weighted by molar-refractivity contribution is 0.0990. The van der Waals surface area contributed by atoms with E-state index in [9.17, 15) is 9.18 Å². The zero-order chi connectivity index (χ0) is 14.7. The van der Waals surface area contributed by atoms with Crippen molar-refractivity contribution in [1.29, 1.82) is 0 Å². The van der Waals surface area contributed by atoms with E-state index in [1.165, 1.54) is 36.3 Å². The van der Waals surface area contributed by atoms with Gasteiger partial charge >= 0.3 is 0 Å². The molecule has 1 amide bonds. The predicted octanol–water partition coefficient (Wildman–Crippen LogP) is 2.69. The van der Waals surface area contributed by atoms with Crippen molar-refractivity contribution in [3.8, 4) is 5.75 Å². The highest BCUT2D eigenvalue weighted by molar-refractivity contribution is 6.08. The minimum atomic E-state index is -0.351. The number of nitrogen functional groups attached to an aromatic ring is 1. The summed E-state index contributed by atoms with van der Waals surface area (Å²) in [6.07, 6.45) is 0. The highest BCUT2D eigenvalue weighted by Gasteiger charge is 2.19. The number of hydrogen-bond acceptors (Lipinski definition) is 3. The molecule has 104 valence electrons. The highest BCUT2D eigenvalue weighted by atomic mass is 19.1. The van der Waals surface area contributed by atoms with Crippen LogP contribution in [0.25, 0.3) is 0 Å². The number of nitrogens with two attached hydrogens (primary N) is 1. The zero-order valence-corrected chi connectivity index (χ0v) is 11.3. The number of methoxy groups -OCH3 is 1. The lowest BCUT2D eigenvalue weighted by Crippen LogP contribution is -2.26. The molecule has 0 aliphatic carbocycles. The summed E-state index contributed by atoms with van der Waals surface area (Å²) in [5.74, 6) is -0.289. The monoisotopic (exact) mass is 274 g/mol. The van der Waals surface area contributed by atoms with E-state index in [-0.39, 0.29) is 11.7 Å². The second kappa shape index (κ2) is 5.61. The van der Waals surface area contributed by atoms with E-state index in [1.807, 2.05) is 0 Å². The van der Waals surface area contributed by atoms with Crippen molar-refractivity contribution in [2.75, 3.05) is 24.8 Å². The van der Waals surface area contributed by atoms with Crippen LogP contribution in [0.15, 0.2) is 42.5 Å². The third-order valence-corrected chi connectivity index (χ3v) is 3.00. The fourth-order valence-electron chi connectivity index (χ4n) is 1.91. The molecule has 0 aromatic heterocycles. The zero-order valence-electron chi connectivity index (χ0n) is 11.3. The lowest BCUT2D eigenvalue weighted by atomic mass is 10.1. The molecule has 5 heteroatoms. The van der Waals surface area contributed by atoms with Crippen molar-refractivity contribution in [2.45, 2.75) is 0 Å². The second-order valence-corrected chi connectivity index (χ2v) is 4.27. The lowest BCUT2D eigenvalue weighted by Gasteiger charge is -2.19. The second-order valence-electron chi connectivity index (χ2n) is 4.27. The molecule has 0 spiro atoms. The number of nitrogens with zero attached hydrogens (tertiary/aromatic N) is 1. The van der Waals surface area contributed by atoms with E-state index in [1.54, 1.807) is 25.2 Å². The Balaban J connectivity index is 2.36. The Labute approximate surface area is 116 Å². The first-order valence-electron chi connectivity index (χ1n) is 6.00. The van der Waals surface area contributed by atoms with Crippen LogP contribution in [0.5, 0.6) is 5.75 Å². The first-order chi connectivity index (χ1) is 9.54. The van der Waals surface area contributed by atoms with Crippen molar-refractivity contribution in [3.63, 3.8) is 0 Å². The minimum absolute atomic E-state index is 0.277. The SMILES string of the molecule is COc1c(N)cccc1C(=O)N(C)c1ccc(F)cc1. The molecule has 4 nitrogen and oxygen atoms in total. The van der Waals surface area contributed by atoms with Gasteiger partial charge in [-0.15, -0.1) is 0 Å². The van der Waals surface area contributed by atoms with Gasteiger partial charge in [0.1, 0.15) is 5.82 Å². The maximum Gasteiger partial charge on any atom is 0.261 e. The Bertz CT molecular complexity index is 626. The molecule has 0 atom stereocenters. The van der Waals surface area contributed by atoms with Crippen LogP contribution in [0.4, 0.5) is 15.8 Å². The van der Waals surface area contributed by atoms with Gasteiger partial charge < -0.3 is 15.4 Å². The number of hydrogen-bond donors (Lipinski definition) is 1. The van der Waals surface area contributed by atoms with Crippen LogP contribution in [-0.2, 0) is 0 Å². The van der Waals surface area contributed by atoms with Crippen LogP contribution in [0, 0.1) is 5.82 Å². The Morgan fingerprint density at radius 3 is 2.45 bits per heavy atom. The van der Waals surface area contributed by atoms with Gasteiger partial charge in [0.2, 0.25) is 0 Å². The molecule has 0 aliphatic rings. The minimum Gasteiger partial charge on any atom is -0.494 e. The number of ether oxygens (including phenoxy) is 1. The van der Waals surface area contributed by atoms with E-state index in [2.05, 4.69) is 0 Å². The summed E-state index contributed by atoms with van der Waals surface area (Å²) in [4.78, 5) is 13.9. The van der Waals surface area contributed by atoms with Gasteiger partial charge in [0.15, 0.2) is 5.75 Å². The molecule has 2 aromatic rings. The number of halogens is 1. The fraction of sp³-hybridized carbons (Fsp3) is 0.133. The summed E-state index contributed by atoms with van der Waals surface area (Å²) < 4.78 is 18.1. The van der Waals surface area contributed by atoms with Crippen molar-refractivity contribution >= 4 is 17.3 Å². The molecule has 0 unspecified atom stereocenters. The van der Waals surface area contributed by atoms with Gasteiger partial charge in [-0.1, -0.05) is 6.07 Å². The van der Waals surface area contributed by atoms with Crippen LogP contribution in [0.1, 0.15) is 10.4 Å². The summed E-state index contributed by atoms with van der Waals surface area (Å²) in [6.45, 7) is 0. The van der Waals surface area contributed by atoms with Gasteiger partial charge in [-0.05, 0) is 36.4 Å². The van der Waals surface area contributed by atoms with Gasteiger partial charge in [0.05, 0.1) is 18.4 Å². The molecule has 20 heavy (non-hydrogen) atoms. The van der Waals surface area contributed by atoms with E-state index in [4.69, 9.17) is 10.5 Å². The molecular weight excluding hydrogens is 259 g/mol. The third-order valence-electron chi connectivity index (χ3n) is 3.00. The van der Waals surface area contributed by atoms with Gasteiger partial charge in [-0.25, -0.2) is 4.39 Å². The molecule has 2 aromatic carbocycles. The molecule has 2 N–H and O–H groups in total. The van der Waals surface area contributed by atoms with E-state index >= 15 is 0 Å². The van der Waals surface area contributed by atoms with Gasteiger partial charge in [-0.3, -0.25) is 4.79 Å². The Morgan fingerprint density at radius 2 is 1.85 bits per heavy atom. The highest BCUT2D eigenvalue weighted by Crippen LogP contribution is 2.28. The molecule has 0 aliphatic heterocycles. The van der Waals surface area contributed by atoms with E-state index in [0.29, 0.717) is 22.7 Å². The average molecular weight is 274 g/mol. The summed E-state index contributed by atoms with van der Waals surface area (Å²) in [5.41, 5.74) is 7.12. The number of benzene rings is 2. The maximum absolute atomic E-state index is 12.9. The number of para-hydroxylation sites is 1. The normalized spacial score (nSPS) is 10.2. The van der Waals surface area contributed by atoms with E-state index in [0.717, 1.165) is 0 Å². The number of carbonyl (C=O) groups excluding carboxylic acids is 1. The molecule has 0 heterocycles. The molecule has 0 saturated heterocycles. The third kappa shape index (κ3) is 2.56. The number of anilines is 2. The van der Waals surface area contributed by atoms with Crippen molar-refractivity contribution < 1.29 is 13.9 Å². The van der Waals surface area contributed by atoms with Crippen LogP contribution >= 0.6 is 0 Å². The largest absolute Gasteiger partial charge is 0.494 e. The molecule has 0 bridgehead atoms. The van der Waals surface area contributed by atoms with Crippen LogP contribution in [0.3, 0.4) is 0 Å². The number of carbonyl (C=O) groups is 1. The Morgan fingerprint density at radius 1 is 1.20 bits per heavy atom. The van der Waals surface area contributed by atoms with Crippen molar-refractivity contribution in [1.82, 2.24) is 0 Å². The topological polar surface area (TPSA) is 55.6 Å². The summed E-state index contributed by atoms with van der Waals surface area (Å²) in [5, 5.41) is 0. The van der Waals surface area contributed by atoms with Crippen LogP contribution in [0.2, 0.25) is 0 Å². The fourth-order valence-corrected chi connectivity index (χ4v) is 1.91. The first-order valence-corrected chi connectivity index (χ1v) is 6.00. The summed E-state index contributed by atoms with van der Waals surface area (Å²) in [6, 6.07) is 10.7. The Hall–Kier alpha value is -2.56. The summed E-state index contributed by atoms with van der Waals surface area (Å²) >= 11 is 0. The first kappa shape index (κ1) is 13.9. The van der Waals surface area contributed by atoms with Crippen molar-refractivity contribution in [3.05, 3.63) is 53.8 Å². The van der Waals surface area contributed by atoms with Gasteiger partial charge in [0, 0.05) is 12.7 Å². The predicted molar refractivity (Wildman–Crippen MR) is 76.5 cm³/mol. The van der Waals surface area contributed by atoms with Gasteiger partial charge in [0.25, 0.3) is 5.91 Å². The van der Waals surface area contributed by atoms with Crippen LogP contribution < -0.4 is 15.4 Å². The summed E-state index contributed by atoms with van der Waals surface area (Å²) in [7, 11) is 3.07. The molecular formula is C15H15FN2O2. The van der Waals surface area contributed by atoms with Gasteiger partial charge in [-0.2, -0.15) is 0 Å². The maximum atomic E-state index is 12.9. The number of amides is 1. The quantitative estimate of drug-likeness (QED) is 0.875. The average Bonchev–Trinajstić information content (AvgIpc) is 2.46. The molecule has 0 fully saturated rings. The van der Waals surface area contributed by atoms with E-state index < -0.39 is 0 Å². The van der Waals surface area contributed by atoms with Crippen LogP contribution in [-0.4, -0.2) is 20.1 Å². The Kier molecular flexibility index (Phi) is 3.89. The standard InChI is InChI=1S/C15H15FN2O2/c1-18(11-8-6-10(16)7-9-11)15(19)12-4-3-5-13(17)14(12)20-2/h3-9H,17H2,1-2H3. The van der Waals surface area contributed by atoms with Crippen molar-refractivity contribution in [2.24, 2.45) is 0 Å². The molecule has 0 radical (unpaired) electrons.